The number of rotatable bonds is 3. The zero-order valence-corrected chi connectivity index (χ0v) is 11.0. The van der Waals surface area contributed by atoms with Crippen molar-refractivity contribution < 1.29 is 18.3 Å². The van der Waals surface area contributed by atoms with Crippen LogP contribution in [0.2, 0.25) is 0 Å². The van der Waals surface area contributed by atoms with Gasteiger partial charge in [-0.3, -0.25) is 5.32 Å². The molecule has 0 heterocycles. The van der Waals surface area contributed by atoms with Crippen LogP contribution in [0.5, 0.6) is 0 Å². The molecule has 1 aromatic carbocycles. The Morgan fingerprint density at radius 3 is 2.41 bits per heavy atom. The van der Waals surface area contributed by atoms with E-state index in [2.05, 4.69) is 15.9 Å². The highest BCUT2D eigenvalue weighted by molar-refractivity contribution is 9.10. The van der Waals surface area contributed by atoms with Gasteiger partial charge in [0.15, 0.2) is 11.6 Å². The molecule has 0 saturated carbocycles. The molecule has 0 aliphatic carbocycles. The molecule has 0 aromatic heterocycles. The zero-order valence-electron chi connectivity index (χ0n) is 9.39. The van der Waals surface area contributed by atoms with Gasteiger partial charge in [-0.25, -0.2) is 13.6 Å². The van der Waals surface area contributed by atoms with Crippen LogP contribution in [-0.4, -0.2) is 12.7 Å². The lowest BCUT2D eigenvalue weighted by Gasteiger charge is -2.10. The first-order chi connectivity index (χ1) is 7.90. The van der Waals surface area contributed by atoms with Crippen molar-refractivity contribution in [3.05, 3.63) is 28.2 Å². The van der Waals surface area contributed by atoms with Crippen molar-refractivity contribution in [2.24, 2.45) is 5.92 Å². The first-order valence-corrected chi connectivity index (χ1v) is 5.77. The van der Waals surface area contributed by atoms with Crippen LogP contribution < -0.4 is 5.32 Å². The number of benzene rings is 1. The SMILES string of the molecule is CC(C)COC(=O)Nc1c(F)cc(Br)cc1F. The van der Waals surface area contributed by atoms with Gasteiger partial charge in [-0.2, -0.15) is 0 Å². The van der Waals surface area contributed by atoms with Crippen molar-refractivity contribution in [1.29, 1.82) is 0 Å². The third kappa shape index (κ3) is 4.30. The average Bonchev–Trinajstić information content (AvgIpc) is 2.20. The number of ether oxygens (including phenoxy) is 1. The number of anilines is 1. The van der Waals surface area contributed by atoms with Crippen molar-refractivity contribution in [3.63, 3.8) is 0 Å². The third-order valence-corrected chi connectivity index (χ3v) is 2.24. The van der Waals surface area contributed by atoms with Crippen LogP contribution in [0.25, 0.3) is 0 Å². The van der Waals surface area contributed by atoms with E-state index in [-0.39, 0.29) is 17.0 Å². The van der Waals surface area contributed by atoms with Gasteiger partial charge in [-0.1, -0.05) is 29.8 Å². The predicted molar refractivity (Wildman–Crippen MR) is 63.9 cm³/mol. The second kappa shape index (κ2) is 5.95. The largest absolute Gasteiger partial charge is 0.449 e. The maximum Gasteiger partial charge on any atom is 0.411 e. The molecule has 0 fully saturated rings. The Morgan fingerprint density at radius 1 is 1.41 bits per heavy atom. The lowest BCUT2D eigenvalue weighted by Crippen LogP contribution is -2.18. The minimum atomic E-state index is -0.876. The molecule has 94 valence electrons. The molecule has 0 aliphatic rings. The molecule has 0 aliphatic heterocycles. The molecule has 0 atom stereocenters. The number of hydrogen-bond donors (Lipinski definition) is 1. The number of hydrogen-bond acceptors (Lipinski definition) is 2. The lowest BCUT2D eigenvalue weighted by atomic mass is 10.2. The van der Waals surface area contributed by atoms with Crippen molar-refractivity contribution in [2.45, 2.75) is 13.8 Å². The summed E-state index contributed by atoms with van der Waals surface area (Å²) in [5.74, 6) is -1.57. The van der Waals surface area contributed by atoms with Crippen molar-refractivity contribution in [2.75, 3.05) is 11.9 Å². The number of carbonyl (C=O) groups is 1. The fourth-order valence-electron chi connectivity index (χ4n) is 1.04. The second-order valence-corrected chi connectivity index (χ2v) is 4.78. The van der Waals surface area contributed by atoms with Gasteiger partial charge in [-0.15, -0.1) is 0 Å². The molecular weight excluding hydrogens is 296 g/mol. The predicted octanol–water partition coefficient (Wildman–Crippen LogP) is 3.93. The number of halogens is 3. The number of amides is 1. The van der Waals surface area contributed by atoms with E-state index in [1.807, 2.05) is 19.2 Å². The summed E-state index contributed by atoms with van der Waals surface area (Å²) in [5, 5.41) is 2.03. The molecule has 0 spiro atoms. The van der Waals surface area contributed by atoms with E-state index < -0.39 is 23.4 Å². The molecule has 0 unspecified atom stereocenters. The fourth-order valence-corrected chi connectivity index (χ4v) is 1.44. The van der Waals surface area contributed by atoms with E-state index in [0.717, 1.165) is 12.1 Å². The van der Waals surface area contributed by atoms with Crippen LogP contribution in [0.4, 0.5) is 19.3 Å². The number of nitrogens with one attached hydrogen (secondary N) is 1. The van der Waals surface area contributed by atoms with Crippen LogP contribution in [0.3, 0.4) is 0 Å². The number of carbonyl (C=O) groups excluding carboxylic acids is 1. The Labute approximate surface area is 106 Å². The summed E-state index contributed by atoms with van der Waals surface area (Å²) in [6, 6.07) is 2.11. The quantitative estimate of drug-likeness (QED) is 0.918. The van der Waals surface area contributed by atoms with Gasteiger partial charge in [0.1, 0.15) is 5.69 Å². The summed E-state index contributed by atoms with van der Waals surface area (Å²) in [7, 11) is 0. The molecule has 0 radical (unpaired) electrons. The summed E-state index contributed by atoms with van der Waals surface area (Å²) in [6.07, 6.45) is -0.876. The fraction of sp³-hybridized carbons (Fsp3) is 0.364. The molecular formula is C11H12BrF2NO2. The summed E-state index contributed by atoms with van der Waals surface area (Å²) in [4.78, 5) is 11.2. The molecule has 0 saturated heterocycles. The Bertz CT molecular complexity index is 401. The van der Waals surface area contributed by atoms with E-state index >= 15 is 0 Å². The molecule has 1 rings (SSSR count). The molecule has 1 aromatic rings. The maximum atomic E-state index is 13.3. The summed E-state index contributed by atoms with van der Waals surface area (Å²) in [5.41, 5.74) is -0.512. The normalized spacial score (nSPS) is 10.5. The van der Waals surface area contributed by atoms with E-state index in [4.69, 9.17) is 4.74 Å². The van der Waals surface area contributed by atoms with Crippen molar-refractivity contribution in [1.82, 2.24) is 0 Å². The van der Waals surface area contributed by atoms with Crippen LogP contribution in [0.1, 0.15) is 13.8 Å². The van der Waals surface area contributed by atoms with Crippen LogP contribution in [0, 0.1) is 17.6 Å². The molecule has 3 nitrogen and oxygen atoms in total. The Morgan fingerprint density at radius 2 is 1.94 bits per heavy atom. The van der Waals surface area contributed by atoms with Gasteiger partial charge >= 0.3 is 6.09 Å². The highest BCUT2D eigenvalue weighted by Crippen LogP contribution is 2.23. The van der Waals surface area contributed by atoms with Crippen LogP contribution >= 0.6 is 15.9 Å². The van der Waals surface area contributed by atoms with E-state index in [0.29, 0.717) is 0 Å². The molecule has 17 heavy (non-hydrogen) atoms. The van der Waals surface area contributed by atoms with Crippen LogP contribution in [0.15, 0.2) is 16.6 Å². The van der Waals surface area contributed by atoms with E-state index in [1.54, 1.807) is 0 Å². The lowest BCUT2D eigenvalue weighted by molar-refractivity contribution is 0.147. The summed E-state index contributed by atoms with van der Waals surface area (Å²) < 4.78 is 31.7. The Balaban J connectivity index is 2.72. The minimum Gasteiger partial charge on any atom is -0.449 e. The van der Waals surface area contributed by atoms with Gasteiger partial charge in [0, 0.05) is 4.47 Å². The monoisotopic (exact) mass is 307 g/mol. The second-order valence-electron chi connectivity index (χ2n) is 3.86. The van der Waals surface area contributed by atoms with Gasteiger partial charge < -0.3 is 4.74 Å². The Kier molecular flexibility index (Phi) is 4.86. The third-order valence-electron chi connectivity index (χ3n) is 1.78. The highest BCUT2D eigenvalue weighted by Gasteiger charge is 2.14. The molecule has 0 bridgehead atoms. The standard InChI is InChI=1S/C11H12BrF2NO2/c1-6(2)5-17-11(16)15-10-8(13)3-7(12)4-9(10)14/h3-4,6H,5H2,1-2H3,(H,15,16). The zero-order chi connectivity index (χ0) is 13.0. The summed E-state index contributed by atoms with van der Waals surface area (Å²) in [6.45, 7) is 3.90. The van der Waals surface area contributed by atoms with Gasteiger partial charge in [0.05, 0.1) is 6.61 Å². The first kappa shape index (κ1) is 13.9. The molecule has 6 heteroatoms. The molecule has 1 N–H and O–H groups in total. The van der Waals surface area contributed by atoms with Gasteiger partial charge in [0.25, 0.3) is 0 Å². The minimum absolute atomic E-state index is 0.153. The van der Waals surface area contributed by atoms with Gasteiger partial charge in [-0.05, 0) is 18.1 Å². The van der Waals surface area contributed by atoms with Crippen LogP contribution in [-0.2, 0) is 4.74 Å². The van der Waals surface area contributed by atoms with E-state index in [9.17, 15) is 13.6 Å². The topological polar surface area (TPSA) is 38.3 Å². The first-order valence-electron chi connectivity index (χ1n) is 4.98. The Hall–Kier alpha value is -1.17. The maximum absolute atomic E-state index is 13.3. The summed E-state index contributed by atoms with van der Waals surface area (Å²) >= 11 is 2.94. The van der Waals surface area contributed by atoms with E-state index in [1.165, 1.54) is 0 Å². The average molecular weight is 308 g/mol. The van der Waals surface area contributed by atoms with Crippen molar-refractivity contribution >= 4 is 27.7 Å². The smallest absolute Gasteiger partial charge is 0.411 e. The van der Waals surface area contributed by atoms with Crippen molar-refractivity contribution in [3.8, 4) is 0 Å². The molecule has 1 amide bonds. The highest BCUT2D eigenvalue weighted by atomic mass is 79.9. The van der Waals surface area contributed by atoms with Gasteiger partial charge in [0.2, 0.25) is 0 Å².